The lowest BCUT2D eigenvalue weighted by Gasteiger charge is -2.55. The monoisotopic (exact) mass is 483 g/mol. The van der Waals surface area contributed by atoms with Gasteiger partial charge in [-0.2, -0.15) is 0 Å². The molecule has 0 radical (unpaired) electrons. The Labute approximate surface area is 196 Å². The largest absolute Gasteiger partial charge is 0.344 e. The van der Waals surface area contributed by atoms with Gasteiger partial charge in [-0.05, 0) is 81.4 Å². The fraction of sp³-hybridized carbons (Fsp3) is 0.591. The standard InChI is InChI=1S/C22H27Cl2N3O3S/c1-12(25-21(30)22-8-13-4-14(9-22)6-15(5-13)10-22)20(29)27-26-19(28)11-31-18-7-16(23)2-3-17(18)24/h2-3,7,12-15H,4-6,8-11H2,1H3,(H,25,30)(H,26,28)(H,27,29)/t12-,13?,14?,15?,22?/m1/s1. The second-order valence-corrected chi connectivity index (χ2v) is 11.2. The van der Waals surface area contributed by atoms with E-state index in [1.54, 1.807) is 25.1 Å². The lowest BCUT2D eigenvalue weighted by molar-refractivity contribution is -0.148. The molecule has 31 heavy (non-hydrogen) atoms. The number of hydrogen-bond acceptors (Lipinski definition) is 4. The van der Waals surface area contributed by atoms with Crippen molar-refractivity contribution in [2.45, 2.75) is 56.4 Å². The third kappa shape index (κ3) is 5.15. The van der Waals surface area contributed by atoms with E-state index >= 15 is 0 Å². The Hall–Kier alpha value is -1.44. The van der Waals surface area contributed by atoms with Gasteiger partial charge in [-0.15, -0.1) is 11.8 Å². The summed E-state index contributed by atoms with van der Waals surface area (Å²) in [6.45, 7) is 1.64. The van der Waals surface area contributed by atoms with E-state index in [-0.39, 0.29) is 23.0 Å². The van der Waals surface area contributed by atoms with Gasteiger partial charge in [0.2, 0.25) is 11.8 Å². The number of amides is 3. The molecule has 9 heteroatoms. The van der Waals surface area contributed by atoms with E-state index in [1.807, 2.05) is 0 Å². The van der Waals surface area contributed by atoms with E-state index in [1.165, 1.54) is 31.0 Å². The highest BCUT2D eigenvalue weighted by Crippen LogP contribution is 2.60. The summed E-state index contributed by atoms with van der Waals surface area (Å²) < 4.78 is 0. The zero-order valence-electron chi connectivity index (χ0n) is 17.4. The molecular formula is C22H27Cl2N3O3S. The van der Waals surface area contributed by atoms with Crippen LogP contribution in [0.15, 0.2) is 23.1 Å². The van der Waals surface area contributed by atoms with Gasteiger partial charge >= 0.3 is 0 Å². The Bertz CT molecular complexity index is 859. The van der Waals surface area contributed by atoms with E-state index < -0.39 is 11.9 Å². The number of hydrogen-bond donors (Lipinski definition) is 3. The molecule has 1 atom stereocenters. The molecule has 0 saturated heterocycles. The number of rotatable bonds is 6. The smallest absolute Gasteiger partial charge is 0.260 e. The number of halogens is 2. The second kappa shape index (κ2) is 9.20. The van der Waals surface area contributed by atoms with Gasteiger partial charge in [-0.25, -0.2) is 0 Å². The molecule has 168 valence electrons. The Morgan fingerprint density at radius 1 is 1.06 bits per heavy atom. The molecule has 6 nitrogen and oxygen atoms in total. The van der Waals surface area contributed by atoms with Crippen LogP contribution < -0.4 is 16.2 Å². The summed E-state index contributed by atoms with van der Waals surface area (Å²) in [6.07, 6.45) is 6.60. The van der Waals surface area contributed by atoms with Crippen LogP contribution in [0.4, 0.5) is 0 Å². The highest BCUT2D eigenvalue weighted by Gasteiger charge is 2.54. The fourth-order valence-electron chi connectivity index (χ4n) is 5.81. The maximum Gasteiger partial charge on any atom is 0.260 e. The molecule has 0 unspecified atom stereocenters. The molecule has 5 rings (SSSR count). The Balaban J connectivity index is 1.23. The maximum atomic E-state index is 13.1. The van der Waals surface area contributed by atoms with Crippen molar-refractivity contribution >= 4 is 52.7 Å². The van der Waals surface area contributed by atoms with Gasteiger partial charge < -0.3 is 5.32 Å². The quantitative estimate of drug-likeness (QED) is 0.422. The van der Waals surface area contributed by atoms with Gasteiger partial charge in [0.05, 0.1) is 10.8 Å². The van der Waals surface area contributed by atoms with Gasteiger partial charge in [-0.1, -0.05) is 23.2 Å². The summed E-state index contributed by atoms with van der Waals surface area (Å²) in [5.41, 5.74) is 4.48. The zero-order valence-corrected chi connectivity index (χ0v) is 19.7. The van der Waals surface area contributed by atoms with Gasteiger partial charge in [0.1, 0.15) is 6.04 Å². The predicted molar refractivity (Wildman–Crippen MR) is 122 cm³/mol. The van der Waals surface area contributed by atoms with Crippen molar-refractivity contribution in [3.8, 4) is 0 Å². The van der Waals surface area contributed by atoms with Crippen LogP contribution in [0, 0.1) is 23.2 Å². The minimum atomic E-state index is -0.726. The minimum absolute atomic E-state index is 0.00766. The third-order valence-electron chi connectivity index (χ3n) is 6.84. The molecule has 1 aromatic carbocycles. The van der Waals surface area contributed by atoms with Crippen molar-refractivity contribution in [1.29, 1.82) is 0 Å². The van der Waals surface area contributed by atoms with Gasteiger partial charge in [-0.3, -0.25) is 25.2 Å². The summed E-state index contributed by atoms with van der Waals surface area (Å²) in [5.74, 6) is 1.20. The van der Waals surface area contributed by atoms with Crippen molar-refractivity contribution in [2.24, 2.45) is 23.2 Å². The van der Waals surface area contributed by atoms with Gasteiger partial charge in [0, 0.05) is 15.3 Å². The van der Waals surface area contributed by atoms with Gasteiger partial charge in [0.15, 0.2) is 0 Å². The number of benzene rings is 1. The molecule has 4 bridgehead atoms. The van der Waals surface area contributed by atoms with E-state index in [4.69, 9.17) is 23.2 Å². The molecule has 4 aliphatic rings. The van der Waals surface area contributed by atoms with Crippen molar-refractivity contribution in [3.05, 3.63) is 28.2 Å². The van der Waals surface area contributed by atoms with Crippen molar-refractivity contribution in [1.82, 2.24) is 16.2 Å². The third-order valence-corrected chi connectivity index (χ3v) is 8.57. The molecule has 0 spiro atoms. The molecule has 4 fully saturated rings. The van der Waals surface area contributed by atoms with Crippen LogP contribution >= 0.6 is 35.0 Å². The first kappa shape index (κ1) is 22.7. The Kier molecular flexibility index (Phi) is 6.75. The van der Waals surface area contributed by atoms with Crippen molar-refractivity contribution in [3.63, 3.8) is 0 Å². The van der Waals surface area contributed by atoms with Crippen LogP contribution in [0.2, 0.25) is 10.0 Å². The number of nitrogens with one attached hydrogen (secondary N) is 3. The molecular weight excluding hydrogens is 457 g/mol. The summed E-state index contributed by atoms with van der Waals surface area (Å²) in [4.78, 5) is 38.2. The predicted octanol–water partition coefficient (Wildman–Crippen LogP) is 3.95. The van der Waals surface area contributed by atoms with Crippen LogP contribution in [0.25, 0.3) is 0 Å². The molecule has 0 heterocycles. The molecule has 1 aromatic rings. The maximum absolute atomic E-state index is 13.1. The molecule has 3 N–H and O–H groups in total. The average molecular weight is 484 g/mol. The average Bonchev–Trinajstić information content (AvgIpc) is 2.71. The summed E-state index contributed by atoms with van der Waals surface area (Å²) in [6, 6.07) is 4.30. The summed E-state index contributed by atoms with van der Waals surface area (Å²) >= 11 is 13.3. The van der Waals surface area contributed by atoms with Crippen molar-refractivity contribution < 1.29 is 14.4 Å². The highest BCUT2D eigenvalue weighted by atomic mass is 35.5. The van der Waals surface area contributed by atoms with E-state index in [9.17, 15) is 14.4 Å². The normalized spacial score (nSPS) is 29.3. The lowest BCUT2D eigenvalue weighted by atomic mass is 9.49. The first-order valence-electron chi connectivity index (χ1n) is 10.7. The SMILES string of the molecule is C[C@@H](NC(=O)C12CC3CC(CC(C3)C1)C2)C(=O)NNC(=O)CSc1cc(Cl)ccc1Cl. The molecule has 4 aliphatic carbocycles. The Morgan fingerprint density at radius 2 is 1.68 bits per heavy atom. The lowest BCUT2D eigenvalue weighted by Crippen LogP contribution is -2.58. The van der Waals surface area contributed by atoms with Crippen LogP contribution in [0.5, 0.6) is 0 Å². The van der Waals surface area contributed by atoms with Gasteiger partial charge in [0.25, 0.3) is 5.91 Å². The van der Waals surface area contributed by atoms with Crippen LogP contribution in [0.3, 0.4) is 0 Å². The Morgan fingerprint density at radius 3 is 2.29 bits per heavy atom. The zero-order chi connectivity index (χ0) is 22.2. The minimum Gasteiger partial charge on any atom is -0.344 e. The fourth-order valence-corrected chi connectivity index (χ4v) is 7.10. The van der Waals surface area contributed by atoms with E-state index in [0.717, 1.165) is 19.3 Å². The number of carbonyl (C=O) groups is 3. The van der Waals surface area contributed by atoms with Crippen molar-refractivity contribution in [2.75, 3.05) is 5.75 Å². The highest BCUT2D eigenvalue weighted by molar-refractivity contribution is 8.00. The number of hydrazine groups is 1. The first-order chi connectivity index (χ1) is 14.7. The molecule has 0 aliphatic heterocycles. The molecule has 0 aromatic heterocycles. The second-order valence-electron chi connectivity index (χ2n) is 9.29. The van der Waals surface area contributed by atoms with E-state index in [2.05, 4.69) is 16.2 Å². The van der Waals surface area contributed by atoms with Crippen LogP contribution in [-0.4, -0.2) is 29.5 Å². The van der Waals surface area contributed by atoms with Crippen LogP contribution in [0.1, 0.15) is 45.4 Å². The molecule has 4 saturated carbocycles. The molecule has 3 amide bonds. The first-order valence-corrected chi connectivity index (χ1v) is 12.5. The van der Waals surface area contributed by atoms with Crippen LogP contribution in [-0.2, 0) is 14.4 Å². The summed E-state index contributed by atoms with van der Waals surface area (Å²) in [5, 5.41) is 3.93. The summed E-state index contributed by atoms with van der Waals surface area (Å²) in [7, 11) is 0. The number of carbonyl (C=O) groups excluding carboxylic acids is 3. The van der Waals surface area contributed by atoms with E-state index in [0.29, 0.717) is 32.7 Å². The number of thioether (sulfide) groups is 1. The topological polar surface area (TPSA) is 87.3 Å².